The molecule has 1 saturated heterocycles. The molecule has 1 aliphatic carbocycles. The van der Waals surface area contributed by atoms with E-state index in [2.05, 4.69) is 6.92 Å². The van der Waals surface area contributed by atoms with Crippen LogP contribution in [-0.2, 0) is 14.2 Å². The van der Waals surface area contributed by atoms with Crippen LogP contribution in [-0.4, -0.2) is 31.7 Å². The lowest BCUT2D eigenvalue weighted by Gasteiger charge is -2.33. The predicted molar refractivity (Wildman–Crippen MR) is 57.7 cm³/mol. The summed E-state index contributed by atoms with van der Waals surface area (Å²) in [6.07, 6.45) is 5.54. The topological polar surface area (TPSA) is 27.7 Å². The Hall–Kier alpha value is -0.120. The minimum atomic E-state index is -0.0590. The highest BCUT2D eigenvalue weighted by molar-refractivity contribution is 4.72. The Morgan fingerprint density at radius 1 is 0.867 bits per heavy atom. The SMILES string of the molecule is CC1CCC(OC2COC(C)OC2)CC1. The molecule has 1 heterocycles. The zero-order valence-electron chi connectivity index (χ0n) is 9.78. The molecule has 0 aromatic carbocycles. The van der Waals surface area contributed by atoms with E-state index in [9.17, 15) is 0 Å². The van der Waals surface area contributed by atoms with Crippen molar-refractivity contribution in [2.75, 3.05) is 13.2 Å². The van der Waals surface area contributed by atoms with Gasteiger partial charge in [0.15, 0.2) is 6.29 Å². The molecule has 3 heteroatoms. The Bertz CT molecular complexity index is 159. The highest BCUT2D eigenvalue weighted by atomic mass is 16.7. The van der Waals surface area contributed by atoms with E-state index in [1.165, 1.54) is 25.7 Å². The number of rotatable bonds is 2. The van der Waals surface area contributed by atoms with Crippen molar-refractivity contribution in [1.29, 1.82) is 0 Å². The van der Waals surface area contributed by atoms with Crippen LogP contribution >= 0.6 is 0 Å². The van der Waals surface area contributed by atoms with Crippen molar-refractivity contribution in [3.05, 3.63) is 0 Å². The fraction of sp³-hybridized carbons (Fsp3) is 1.00. The Kier molecular flexibility index (Phi) is 4.00. The third kappa shape index (κ3) is 3.44. The van der Waals surface area contributed by atoms with E-state index in [4.69, 9.17) is 14.2 Å². The molecule has 3 nitrogen and oxygen atoms in total. The van der Waals surface area contributed by atoms with Gasteiger partial charge in [0, 0.05) is 0 Å². The van der Waals surface area contributed by atoms with Gasteiger partial charge in [0.05, 0.1) is 19.3 Å². The minimum absolute atomic E-state index is 0.0590. The standard InChI is InChI=1S/C12H22O3/c1-9-3-5-11(6-4-9)15-12-7-13-10(2)14-8-12/h9-12H,3-8H2,1-2H3. The normalized spacial score (nSPS) is 42.8. The molecule has 0 aromatic heterocycles. The van der Waals surface area contributed by atoms with Gasteiger partial charge in [-0.1, -0.05) is 6.92 Å². The van der Waals surface area contributed by atoms with Gasteiger partial charge >= 0.3 is 0 Å². The van der Waals surface area contributed by atoms with E-state index in [0.717, 1.165) is 5.92 Å². The van der Waals surface area contributed by atoms with E-state index >= 15 is 0 Å². The van der Waals surface area contributed by atoms with Crippen LogP contribution in [0.3, 0.4) is 0 Å². The highest BCUT2D eigenvalue weighted by Gasteiger charge is 2.25. The number of ether oxygens (including phenoxy) is 3. The van der Waals surface area contributed by atoms with Gasteiger partial charge < -0.3 is 14.2 Å². The Balaban J connectivity index is 1.68. The van der Waals surface area contributed by atoms with Crippen LogP contribution in [0.25, 0.3) is 0 Å². The molecule has 0 atom stereocenters. The summed E-state index contributed by atoms with van der Waals surface area (Å²) in [5, 5.41) is 0. The second-order valence-corrected chi connectivity index (χ2v) is 4.87. The second kappa shape index (κ2) is 5.28. The lowest BCUT2D eigenvalue weighted by molar-refractivity contribution is -0.228. The van der Waals surface area contributed by atoms with Gasteiger partial charge in [-0.15, -0.1) is 0 Å². The molecule has 0 aromatic rings. The molecule has 0 bridgehead atoms. The monoisotopic (exact) mass is 214 g/mol. The molecule has 1 aliphatic heterocycles. The summed E-state index contributed by atoms with van der Waals surface area (Å²) >= 11 is 0. The van der Waals surface area contributed by atoms with Crippen molar-refractivity contribution in [1.82, 2.24) is 0 Å². The van der Waals surface area contributed by atoms with Gasteiger partial charge in [-0.2, -0.15) is 0 Å². The van der Waals surface area contributed by atoms with Crippen molar-refractivity contribution in [2.24, 2.45) is 5.92 Å². The third-order valence-electron chi connectivity index (χ3n) is 3.38. The van der Waals surface area contributed by atoms with Crippen LogP contribution in [0.5, 0.6) is 0 Å². The smallest absolute Gasteiger partial charge is 0.155 e. The Morgan fingerprint density at radius 3 is 2.07 bits per heavy atom. The summed E-state index contributed by atoms with van der Waals surface area (Å²) in [4.78, 5) is 0. The highest BCUT2D eigenvalue weighted by Crippen LogP contribution is 2.26. The Morgan fingerprint density at radius 2 is 1.47 bits per heavy atom. The van der Waals surface area contributed by atoms with Crippen molar-refractivity contribution in [3.8, 4) is 0 Å². The fourth-order valence-corrected chi connectivity index (χ4v) is 2.30. The largest absolute Gasteiger partial charge is 0.370 e. The van der Waals surface area contributed by atoms with E-state index in [1.54, 1.807) is 0 Å². The van der Waals surface area contributed by atoms with Crippen LogP contribution in [0.4, 0.5) is 0 Å². The van der Waals surface area contributed by atoms with Crippen molar-refractivity contribution in [3.63, 3.8) is 0 Å². The molecule has 2 rings (SSSR count). The quantitative estimate of drug-likeness (QED) is 0.706. The molecule has 0 radical (unpaired) electrons. The van der Waals surface area contributed by atoms with E-state index in [1.807, 2.05) is 6.92 Å². The molecule has 88 valence electrons. The molecule has 2 fully saturated rings. The van der Waals surface area contributed by atoms with Crippen molar-refractivity contribution in [2.45, 2.75) is 58.0 Å². The second-order valence-electron chi connectivity index (χ2n) is 4.87. The maximum Gasteiger partial charge on any atom is 0.155 e. The molecule has 15 heavy (non-hydrogen) atoms. The van der Waals surface area contributed by atoms with Gasteiger partial charge in [-0.25, -0.2) is 0 Å². The first kappa shape index (κ1) is 11.4. The van der Waals surface area contributed by atoms with Gasteiger partial charge in [0.2, 0.25) is 0 Å². The lowest BCUT2D eigenvalue weighted by Crippen LogP contribution is -2.39. The first-order chi connectivity index (χ1) is 7.24. The average Bonchev–Trinajstić information content (AvgIpc) is 2.25. The van der Waals surface area contributed by atoms with Crippen LogP contribution in [0.2, 0.25) is 0 Å². The molecule has 2 aliphatic rings. The zero-order valence-corrected chi connectivity index (χ0v) is 9.78. The maximum atomic E-state index is 5.98. The zero-order chi connectivity index (χ0) is 10.7. The van der Waals surface area contributed by atoms with E-state index in [-0.39, 0.29) is 12.4 Å². The lowest BCUT2D eigenvalue weighted by atomic mass is 9.89. The molecule has 0 N–H and O–H groups in total. The summed E-state index contributed by atoms with van der Waals surface area (Å²) in [5.74, 6) is 0.878. The van der Waals surface area contributed by atoms with Gasteiger partial charge in [0.25, 0.3) is 0 Å². The minimum Gasteiger partial charge on any atom is -0.370 e. The molecule has 0 amide bonds. The van der Waals surface area contributed by atoms with Gasteiger partial charge in [-0.05, 0) is 38.5 Å². The first-order valence-electron chi connectivity index (χ1n) is 6.12. The summed E-state index contributed by atoms with van der Waals surface area (Å²) in [5.41, 5.74) is 0. The van der Waals surface area contributed by atoms with Gasteiger partial charge in [0.1, 0.15) is 6.10 Å². The molecular weight excluding hydrogens is 192 g/mol. The maximum absolute atomic E-state index is 5.98. The van der Waals surface area contributed by atoms with Gasteiger partial charge in [-0.3, -0.25) is 0 Å². The summed E-state index contributed by atoms with van der Waals surface area (Å²) in [7, 11) is 0. The molecule has 0 unspecified atom stereocenters. The summed E-state index contributed by atoms with van der Waals surface area (Å²) in [6, 6.07) is 0. The summed E-state index contributed by atoms with van der Waals surface area (Å²) in [6.45, 7) is 5.63. The third-order valence-corrected chi connectivity index (χ3v) is 3.38. The Labute approximate surface area is 92.1 Å². The van der Waals surface area contributed by atoms with E-state index in [0.29, 0.717) is 19.3 Å². The van der Waals surface area contributed by atoms with E-state index < -0.39 is 0 Å². The molecular formula is C12H22O3. The van der Waals surface area contributed by atoms with Crippen molar-refractivity contribution < 1.29 is 14.2 Å². The van der Waals surface area contributed by atoms with Crippen LogP contribution < -0.4 is 0 Å². The number of hydrogen-bond donors (Lipinski definition) is 0. The van der Waals surface area contributed by atoms with Crippen LogP contribution in [0.1, 0.15) is 39.5 Å². The molecule has 1 saturated carbocycles. The average molecular weight is 214 g/mol. The summed E-state index contributed by atoms with van der Waals surface area (Å²) < 4.78 is 16.8. The first-order valence-corrected chi connectivity index (χ1v) is 6.12. The van der Waals surface area contributed by atoms with Crippen LogP contribution in [0.15, 0.2) is 0 Å². The molecule has 0 spiro atoms. The fourth-order valence-electron chi connectivity index (χ4n) is 2.30. The van der Waals surface area contributed by atoms with Crippen molar-refractivity contribution >= 4 is 0 Å². The number of hydrogen-bond acceptors (Lipinski definition) is 3. The van der Waals surface area contributed by atoms with Crippen LogP contribution in [0, 0.1) is 5.92 Å². The predicted octanol–water partition coefficient (Wildman–Crippen LogP) is 2.34.